The van der Waals surface area contributed by atoms with Crippen LogP contribution in [0.15, 0.2) is 24.3 Å². The molecule has 0 spiro atoms. The first-order valence-electron chi connectivity index (χ1n) is 5.20. The smallest absolute Gasteiger partial charge is 0.115 e. The first kappa shape index (κ1) is 10.5. The van der Waals surface area contributed by atoms with E-state index in [9.17, 15) is 10.2 Å². The second kappa shape index (κ2) is 3.83. The fourth-order valence-electron chi connectivity index (χ4n) is 2.03. The molecule has 0 aromatic heterocycles. The van der Waals surface area contributed by atoms with Crippen LogP contribution in [-0.4, -0.2) is 23.4 Å². The molecule has 0 bridgehead atoms. The van der Waals surface area contributed by atoms with Gasteiger partial charge in [0.2, 0.25) is 0 Å². The molecule has 0 radical (unpaired) electrons. The number of aromatic hydroxyl groups is 1. The van der Waals surface area contributed by atoms with E-state index in [2.05, 4.69) is 0 Å². The fourth-order valence-corrected chi connectivity index (χ4v) is 2.03. The predicted octanol–water partition coefficient (Wildman–Crippen LogP) is 1.64. The summed E-state index contributed by atoms with van der Waals surface area (Å²) in [6, 6.07) is 6.79. The highest BCUT2D eigenvalue weighted by Crippen LogP contribution is 2.35. The van der Waals surface area contributed by atoms with E-state index in [0.717, 1.165) is 12.0 Å². The lowest BCUT2D eigenvalue weighted by atomic mass is 9.82. The molecule has 2 atom stereocenters. The van der Waals surface area contributed by atoms with E-state index in [0.29, 0.717) is 13.2 Å². The van der Waals surface area contributed by atoms with Gasteiger partial charge in [0.1, 0.15) is 5.75 Å². The van der Waals surface area contributed by atoms with E-state index in [1.54, 1.807) is 25.1 Å². The number of rotatable bonds is 2. The van der Waals surface area contributed by atoms with Crippen molar-refractivity contribution in [3.8, 4) is 5.75 Å². The van der Waals surface area contributed by atoms with Crippen LogP contribution >= 0.6 is 0 Å². The Bertz CT molecular complexity index is 340. The third-order valence-corrected chi connectivity index (χ3v) is 3.16. The van der Waals surface area contributed by atoms with E-state index in [1.165, 1.54) is 0 Å². The maximum atomic E-state index is 10.4. The number of hydrogen-bond acceptors (Lipinski definition) is 3. The summed E-state index contributed by atoms with van der Waals surface area (Å²) >= 11 is 0. The molecular formula is C12H16O3. The summed E-state index contributed by atoms with van der Waals surface area (Å²) in [6.45, 7) is 3.07. The van der Waals surface area contributed by atoms with Gasteiger partial charge in [-0.1, -0.05) is 12.1 Å². The zero-order chi connectivity index (χ0) is 10.9. The average molecular weight is 208 g/mol. The summed E-state index contributed by atoms with van der Waals surface area (Å²) in [5, 5.41) is 19.8. The Kier molecular flexibility index (Phi) is 2.67. The number of phenols is 1. The Hall–Kier alpha value is -1.06. The summed E-state index contributed by atoms with van der Waals surface area (Å²) in [5.74, 6) is 0.297. The van der Waals surface area contributed by atoms with Gasteiger partial charge >= 0.3 is 0 Å². The minimum Gasteiger partial charge on any atom is -0.508 e. The Morgan fingerprint density at radius 1 is 1.47 bits per heavy atom. The van der Waals surface area contributed by atoms with Gasteiger partial charge in [-0.15, -0.1) is 0 Å². The summed E-state index contributed by atoms with van der Waals surface area (Å²) in [4.78, 5) is 0. The molecule has 1 aromatic rings. The molecule has 2 N–H and O–H groups in total. The van der Waals surface area contributed by atoms with E-state index < -0.39 is 5.60 Å². The molecule has 82 valence electrons. The number of phenolic OH excluding ortho intramolecular Hbond substituents is 1. The van der Waals surface area contributed by atoms with Crippen LogP contribution < -0.4 is 0 Å². The van der Waals surface area contributed by atoms with Crippen molar-refractivity contribution in [2.75, 3.05) is 13.2 Å². The van der Waals surface area contributed by atoms with Crippen LogP contribution in [0.5, 0.6) is 5.75 Å². The molecule has 0 aliphatic carbocycles. The van der Waals surface area contributed by atoms with Gasteiger partial charge in [-0.25, -0.2) is 0 Å². The first-order valence-corrected chi connectivity index (χ1v) is 5.20. The molecule has 0 amide bonds. The largest absolute Gasteiger partial charge is 0.508 e. The van der Waals surface area contributed by atoms with Gasteiger partial charge in [0, 0.05) is 12.5 Å². The van der Waals surface area contributed by atoms with Gasteiger partial charge in [-0.05, 0) is 31.0 Å². The third kappa shape index (κ3) is 1.98. The van der Waals surface area contributed by atoms with Gasteiger partial charge in [-0.2, -0.15) is 0 Å². The topological polar surface area (TPSA) is 49.7 Å². The second-order valence-electron chi connectivity index (χ2n) is 4.26. The Labute approximate surface area is 89.3 Å². The van der Waals surface area contributed by atoms with Gasteiger partial charge in [0.05, 0.1) is 12.2 Å². The highest BCUT2D eigenvalue weighted by atomic mass is 16.5. The van der Waals surface area contributed by atoms with E-state index >= 15 is 0 Å². The number of benzene rings is 1. The van der Waals surface area contributed by atoms with Crippen LogP contribution in [0, 0.1) is 5.92 Å². The highest BCUT2D eigenvalue weighted by molar-refractivity contribution is 5.31. The molecule has 2 rings (SSSR count). The molecule has 1 aromatic carbocycles. The van der Waals surface area contributed by atoms with E-state index in [4.69, 9.17) is 4.74 Å². The van der Waals surface area contributed by atoms with Gasteiger partial charge in [-0.3, -0.25) is 0 Å². The fraction of sp³-hybridized carbons (Fsp3) is 0.500. The van der Waals surface area contributed by atoms with Crippen LogP contribution in [0.25, 0.3) is 0 Å². The van der Waals surface area contributed by atoms with Gasteiger partial charge in [0.15, 0.2) is 0 Å². The maximum absolute atomic E-state index is 10.4. The van der Waals surface area contributed by atoms with Crippen molar-refractivity contribution in [1.29, 1.82) is 0 Å². The lowest BCUT2D eigenvalue weighted by Gasteiger charge is -2.29. The minimum atomic E-state index is -0.921. The molecule has 3 nitrogen and oxygen atoms in total. The quantitative estimate of drug-likeness (QED) is 0.776. The van der Waals surface area contributed by atoms with Crippen LogP contribution in [0.4, 0.5) is 0 Å². The standard InChI is InChI=1S/C12H16O3/c1-12(14,10-5-6-15-8-10)9-3-2-4-11(13)7-9/h2-4,7,10,13-14H,5-6,8H2,1H3. The van der Waals surface area contributed by atoms with Crippen molar-refractivity contribution in [2.45, 2.75) is 18.9 Å². The van der Waals surface area contributed by atoms with Crippen molar-refractivity contribution in [2.24, 2.45) is 5.92 Å². The summed E-state index contributed by atoms with van der Waals surface area (Å²) < 4.78 is 5.27. The molecule has 1 fully saturated rings. The molecular weight excluding hydrogens is 192 g/mol. The SMILES string of the molecule is CC(O)(c1cccc(O)c1)C1CCOC1. The zero-order valence-electron chi connectivity index (χ0n) is 8.81. The molecule has 2 unspecified atom stereocenters. The van der Waals surface area contributed by atoms with Crippen LogP contribution in [0.1, 0.15) is 18.9 Å². The summed E-state index contributed by atoms with van der Waals surface area (Å²) in [5.41, 5.74) is -0.173. The number of ether oxygens (including phenoxy) is 1. The van der Waals surface area contributed by atoms with Crippen molar-refractivity contribution < 1.29 is 14.9 Å². The normalized spacial score (nSPS) is 25.1. The predicted molar refractivity (Wildman–Crippen MR) is 56.6 cm³/mol. The second-order valence-corrected chi connectivity index (χ2v) is 4.26. The lowest BCUT2D eigenvalue weighted by Crippen LogP contribution is -2.32. The van der Waals surface area contributed by atoms with Crippen LogP contribution in [0.2, 0.25) is 0 Å². The molecule has 0 saturated carbocycles. The van der Waals surface area contributed by atoms with Crippen molar-refractivity contribution in [1.82, 2.24) is 0 Å². The first-order chi connectivity index (χ1) is 7.10. The molecule has 1 aliphatic rings. The zero-order valence-corrected chi connectivity index (χ0v) is 8.81. The van der Waals surface area contributed by atoms with Crippen LogP contribution in [-0.2, 0) is 10.3 Å². The highest BCUT2D eigenvalue weighted by Gasteiger charge is 2.36. The van der Waals surface area contributed by atoms with Gasteiger partial charge in [0.25, 0.3) is 0 Å². The third-order valence-electron chi connectivity index (χ3n) is 3.16. The number of aliphatic hydroxyl groups is 1. The summed E-state index contributed by atoms with van der Waals surface area (Å²) in [7, 11) is 0. The molecule has 3 heteroatoms. The Morgan fingerprint density at radius 2 is 2.27 bits per heavy atom. The molecule has 15 heavy (non-hydrogen) atoms. The van der Waals surface area contributed by atoms with Crippen molar-refractivity contribution in [3.63, 3.8) is 0 Å². The molecule has 1 aliphatic heterocycles. The number of hydrogen-bond donors (Lipinski definition) is 2. The van der Waals surface area contributed by atoms with Crippen molar-refractivity contribution in [3.05, 3.63) is 29.8 Å². The minimum absolute atomic E-state index is 0.110. The van der Waals surface area contributed by atoms with Crippen molar-refractivity contribution >= 4 is 0 Å². The average Bonchev–Trinajstić information content (AvgIpc) is 2.71. The van der Waals surface area contributed by atoms with Crippen LogP contribution in [0.3, 0.4) is 0 Å². The van der Waals surface area contributed by atoms with E-state index in [-0.39, 0.29) is 11.7 Å². The van der Waals surface area contributed by atoms with E-state index in [1.807, 2.05) is 6.07 Å². The van der Waals surface area contributed by atoms with Gasteiger partial charge < -0.3 is 14.9 Å². The monoisotopic (exact) mass is 208 g/mol. The maximum Gasteiger partial charge on any atom is 0.115 e. The molecule has 1 saturated heterocycles. The Morgan fingerprint density at radius 3 is 2.87 bits per heavy atom. The Balaban J connectivity index is 2.27. The summed E-state index contributed by atoms with van der Waals surface area (Å²) in [6.07, 6.45) is 0.864. The molecule has 1 heterocycles. The lowest BCUT2D eigenvalue weighted by molar-refractivity contribution is -0.00986.